The fourth-order valence-electron chi connectivity index (χ4n) is 1.17. The molecule has 0 saturated heterocycles. The van der Waals surface area contributed by atoms with Crippen molar-refractivity contribution < 1.29 is 9.05 Å². The summed E-state index contributed by atoms with van der Waals surface area (Å²) in [5.74, 6) is 1.07. The maximum Gasteiger partial charge on any atom is 0.205 e. The van der Waals surface area contributed by atoms with E-state index in [1.807, 2.05) is 18.2 Å². The zero-order valence-electron chi connectivity index (χ0n) is 11.2. The van der Waals surface area contributed by atoms with E-state index in [1.165, 1.54) is 0 Å². The minimum atomic E-state index is -0.921. The van der Waals surface area contributed by atoms with E-state index in [4.69, 9.17) is 9.05 Å². The van der Waals surface area contributed by atoms with Gasteiger partial charge in [-0.05, 0) is 24.0 Å². The molecule has 1 aromatic carbocycles. The number of hydrogen-bond acceptors (Lipinski definition) is 2. The average molecular weight is 254 g/mol. The minimum absolute atomic E-state index is 0.534. The van der Waals surface area contributed by atoms with Crippen LogP contribution in [0, 0.1) is 11.8 Å². The van der Waals surface area contributed by atoms with Gasteiger partial charge in [-0.3, -0.25) is 0 Å². The SMILES string of the molecule is CC(C)COP(OCC(C)C)c1ccccc1. The van der Waals surface area contributed by atoms with Crippen molar-refractivity contribution in [3.63, 3.8) is 0 Å². The van der Waals surface area contributed by atoms with Crippen LogP contribution in [0.2, 0.25) is 0 Å². The summed E-state index contributed by atoms with van der Waals surface area (Å²) in [6, 6.07) is 10.2. The van der Waals surface area contributed by atoms with Gasteiger partial charge in [0, 0.05) is 5.30 Å². The summed E-state index contributed by atoms with van der Waals surface area (Å²) >= 11 is 0. The molecular weight excluding hydrogens is 231 g/mol. The third kappa shape index (κ3) is 6.16. The fraction of sp³-hybridized carbons (Fsp3) is 0.571. The highest BCUT2D eigenvalue weighted by molar-refractivity contribution is 7.56. The van der Waals surface area contributed by atoms with Crippen LogP contribution in [0.15, 0.2) is 30.3 Å². The second-order valence-corrected chi connectivity index (χ2v) is 6.52. The Labute approximate surface area is 106 Å². The summed E-state index contributed by atoms with van der Waals surface area (Å²) in [6.45, 7) is 10.1. The maximum absolute atomic E-state index is 5.88. The maximum atomic E-state index is 5.88. The van der Waals surface area contributed by atoms with Gasteiger partial charge in [0.15, 0.2) is 0 Å². The van der Waals surface area contributed by atoms with Crippen LogP contribution in [0.5, 0.6) is 0 Å². The second-order valence-electron chi connectivity index (χ2n) is 4.97. The van der Waals surface area contributed by atoms with Crippen LogP contribution in [0.3, 0.4) is 0 Å². The van der Waals surface area contributed by atoms with Crippen LogP contribution in [0.25, 0.3) is 0 Å². The third-order valence-electron chi connectivity index (χ3n) is 2.02. The van der Waals surface area contributed by atoms with Crippen LogP contribution in [-0.2, 0) is 9.05 Å². The molecule has 0 aromatic heterocycles. The Morgan fingerprint density at radius 3 is 1.76 bits per heavy atom. The highest BCUT2D eigenvalue weighted by atomic mass is 31.2. The van der Waals surface area contributed by atoms with Gasteiger partial charge in [0.2, 0.25) is 8.38 Å². The van der Waals surface area contributed by atoms with Crippen molar-refractivity contribution in [2.24, 2.45) is 11.8 Å². The van der Waals surface area contributed by atoms with Gasteiger partial charge in [-0.1, -0.05) is 45.9 Å². The van der Waals surface area contributed by atoms with Gasteiger partial charge in [0.1, 0.15) is 0 Å². The van der Waals surface area contributed by atoms with E-state index >= 15 is 0 Å². The van der Waals surface area contributed by atoms with Crippen LogP contribution in [-0.4, -0.2) is 13.2 Å². The lowest BCUT2D eigenvalue weighted by atomic mass is 10.2. The Bertz CT molecular complexity index is 286. The van der Waals surface area contributed by atoms with Gasteiger partial charge in [0.05, 0.1) is 13.2 Å². The van der Waals surface area contributed by atoms with E-state index in [2.05, 4.69) is 39.8 Å². The lowest BCUT2D eigenvalue weighted by Gasteiger charge is -2.19. The molecule has 1 rings (SSSR count). The molecule has 17 heavy (non-hydrogen) atoms. The predicted octanol–water partition coefficient (Wildman–Crippen LogP) is 3.97. The summed E-state index contributed by atoms with van der Waals surface area (Å²) in [7, 11) is -0.921. The largest absolute Gasteiger partial charge is 0.330 e. The molecule has 0 N–H and O–H groups in total. The van der Waals surface area contributed by atoms with Crippen molar-refractivity contribution in [2.45, 2.75) is 27.7 Å². The Balaban J connectivity index is 2.58. The molecule has 2 nitrogen and oxygen atoms in total. The summed E-state index contributed by atoms with van der Waals surface area (Å²) in [5, 5.41) is 1.16. The summed E-state index contributed by atoms with van der Waals surface area (Å²) in [4.78, 5) is 0. The number of benzene rings is 1. The van der Waals surface area contributed by atoms with Gasteiger partial charge in [-0.15, -0.1) is 0 Å². The van der Waals surface area contributed by atoms with Crippen LogP contribution in [0.1, 0.15) is 27.7 Å². The van der Waals surface area contributed by atoms with E-state index in [9.17, 15) is 0 Å². The first-order valence-electron chi connectivity index (χ1n) is 6.20. The molecule has 0 radical (unpaired) electrons. The topological polar surface area (TPSA) is 18.5 Å². The van der Waals surface area contributed by atoms with Gasteiger partial charge >= 0.3 is 0 Å². The molecule has 96 valence electrons. The second kappa shape index (κ2) is 7.81. The highest BCUT2D eigenvalue weighted by Crippen LogP contribution is 2.38. The normalized spacial score (nSPS) is 11.7. The van der Waals surface area contributed by atoms with Crippen molar-refractivity contribution >= 4 is 13.7 Å². The first-order chi connectivity index (χ1) is 8.09. The Morgan fingerprint density at radius 2 is 1.35 bits per heavy atom. The molecule has 0 bridgehead atoms. The van der Waals surface area contributed by atoms with E-state index < -0.39 is 8.38 Å². The van der Waals surface area contributed by atoms with Gasteiger partial charge < -0.3 is 9.05 Å². The number of hydrogen-bond donors (Lipinski definition) is 0. The first-order valence-corrected chi connectivity index (χ1v) is 7.38. The first kappa shape index (κ1) is 14.6. The lowest BCUT2D eigenvalue weighted by molar-refractivity contribution is 0.216. The van der Waals surface area contributed by atoms with E-state index in [0.717, 1.165) is 18.5 Å². The average Bonchev–Trinajstić information content (AvgIpc) is 2.29. The van der Waals surface area contributed by atoms with Crippen molar-refractivity contribution in [3.8, 4) is 0 Å². The van der Waals surface area contributed by atoms with Crippen molar-refractivity contribution in [2.75, 3.05) is 13.2 Å². The Kier molecular flexibility index (Phi) is 6.72. The molecule has 0 amide bonds. The van der Waals surface area contributed by atoms with Crippen molar-refractivity contribution in [3.05, 3.63) is 30.3 Å². The molecule has 0 heterocycles. The zero-order valence-corrected chi connectivity index (χ0v) is 12.1. The third-order valence-corrected chi connectivity index (χ3v) is 3.50. The molecule has 0 aliphatic heterocycles. The molecule has 1 aromatic rings. The molecule has 3 heteroatoms. The molecule has 0 atom stereocenters. The Morgan fingerprint density at radius 1 is 0.882 bits per heavy atom. The zero-order chi connectivity index (χ0) is 12.7. The summed E-state index contributed by atoms with van der Waals surface area (Å²) < 4.78 is 11.8. The number of rotatable bonds is 7. The van der Waals surface area contributed by atoms with Crippen molar-refractivity contribution in [1.82, 2.24) is 0 Å². The molecule has 0 fully saturated rings. The van der Waals surface area contributed by atoms with E-state index in [1.54, 1.807) is 0 Å². The van der Waals surface area contributed by atoms with Gasteiger partial charge in [-0.2, -0.15) is 0 Å². The smallest absolute Gasteiger partial charge is 0.205 e. The Hall–Kier alpha value is -0.430. The molecule has 0 spiro atoms. The lowest BCUT2D eigenvalue weighted by Crippen LogP contribution is -2.11. The standard InChI is InChI=1S/C14H23O2P/c1-12(2)10-15-17(16-11-13(3)4)14-8-6-5-7-9-14/h5-9,12-13H,10-11H2,1-4H3. The quantitative estimate of drug-likeness (QED) is 0.685. The molecule has 0 aliphatic carbocycles. The van der Waals surface area contributed by atoms with Gasteiger partial charge in [-0.25, -0.2) is 0 Å². The summed E-state index contributed by atoms with van der Waals surface area (Å²) in [5.41, 5.74) is 0. The minimum Gasteiger partial charge on any atom is -0.330 e. The van der Waals surface area contributed by atoms with E-state index in [0.29, 0.717) is 11.8 Å². The van der Waals surface area contributed by atoms with Crippen LogP contribution >= 0.6 is 8.38 Å². The monoisotopic (exact) mass is 254 g/mol. The van der Waals surface area contributed by atoms with Gasteiger partial charge in [0.25, 0.3) is 0 Å². The predicted molar refractivity (Wildman–Crippen MR) is 74.6 cm³/mol. The summed E-state index contributed by atoms with van der Waals surface area (Å²) in [6.07, 6.45) is 0. The molecular formula is C14H23O2P. The van der Waals surface area contributed by atoms with Crippen molar-refractivity contribution in [1.29, 1.82) is 0 Å². The van der Waals surface area contributed by atoms with Crippen LogP contribution < -0.4 is 5.30 Å². The fourth-order valence-corrected chi connectivity index (χ4v) is 2.82. The molecule has 0 saturated carbocycles. The molecule has 0 unspecified atom stereocenters. The van der Waals surface area contributed by atoms with Crippen LogP contribution in [0.4, 0.5) is 0 Å². The molecule has 0 aliphatic rings. The van der Waals surface area contributed by atoms with E-state index in [-0.39, 0.29) is 0 Å². The highest BCUT2D eigenvalue weighted by Gasteiger charge is 2.14.